The van der Waals surface area contributed by atoms with E-state index < -0.39 is 12.7 Å². The van der Waals surface area contributed by atoms with Crippen LogP contribution in [-0.2, 0) is 0 Å². The quantitative estimate of drug-likeness (QED) is 0.341. The Morgan fingerprint density at radius 1 is 1.07 bits per heavy atom. The minimum Gasteiger partial charge on any atom is -0.356 e. The minimum absolute atomic E-state index is 0. The van der Waals surface area contributed by atoms with Crippen molar-refractivity contribution in [1.82, 2.24) is 15.1 Å². The van der Waals surface area contributed by atoms with Gasteiger partial charge in [-0.2, -0.15) is 13.2 Å². The van der Waals surface area contributed by atoms with Gasteiger partial charge in [0.15, 0.2) is 5.96 Å². The van der Waals surface area contributed by atoms with E-state index >= 15 is 0 Å². The van der Waals surface area contributed by atoms with Crippen LogP contribution < -0.4 is 5.32 Å². The number of nitrogens with zero attached hydrogens (tertiary/aromatic N) is 3. The van der Waals surface area contributed by atoms with Crippen molar-refractivity contribution < 1.29 is 13.2 Å². The van der Waals surface area contributed by atoms with Gasteiger partial charge >= 0.3 is 6.18 Å². The first-order chi connectivity index (χ1) is 12.9. The zero-order valence-corrected chi connectivity index (χ0v) is 19.4. The number of nitrogens with one attached hydrogen (secondary N) is 1. The number of rotatable bonds is 3. The average molecular weight is 516 g/mol. The van der Waals surface area contributed by atoms with Gasteiger partial charge in [0.25, 0.3) is 0 Å². The van der Waals surface area contributed by atoms with Gasteiger partial charge in [-0.3, -0.25) is 9.89 Å². The minimum atomic E-state index is -4.10. The maximum absolute atomic E-state index is 12.6. The first-order valence-electron chi connectivity index (χ1n) is 10.6. The Morgan fingerprint density at radius 2 is 1.75 bits per heavy atom. The molecule has 1 atom stereocenters. The molecule has 2 saturated heterocycles. The second-order valence-corrected chi connectivity index (χ2v) is 8.87. The Labute approximate surface area is 184 Å². The molecular formula is C20H36F3IN4. The number of hydrogen-bond donors (Lipinski definition) is 1. The van der Waals surface area contributed by atoms with Crippen LogP contribution in [-0.4, -0.2) is 68.3 Å². The SMILES string of the molecule is CN=C(NCC1CCN(CC(F)(F)F)C1)N1CCCC2(CCCCCC2)C1.I. The van der Waals surface area contributed by atoms with Gasteiger partial charge in [0.2, 0.25) is 0 Å². The summed E-state index contributed by atoms with van der Waals surface area (Å²) >= 11 is 0. The van der Waals surface area contributed by atoms with E-state index in [0.717, 1.165) is 25.5 Å². The smallest absolute Gasteiger partial charge is 0.356 e. The molecule has 28 heavy (non-hydrogen) atoms. The van der Waals surface area contributed by atoms with E-state index in [2.05, 4.69) is 15.2 Å². The maximum atomic E-state index is 12.6. The molecule has 0 aromatic rings. The fourth-order valence-corrected chi connectivity index (χ4v) is 5.32. The highest BCUT2D eigenvalue weighted by Gasteiger charge is 2.37. The monoisotopic (exact) mass is 516 g/mol. The highest BCUT2D eigenvalue weighted by atomic mass is 127. The Balaban J connectivity index is 0.00000280. The van der Waals surface area contributed by atoms with E-state index in [1.165, 1.54) is 56.3 Å². The van der Waals surface area contributed by atoms with Crippen molar-refractivity contribution in [1.29, 1.82) is 0 Å². The van der Waals surface area contributed by atoms with Crippen molar-refractivity contribution in [3.63, 3.8) is 0 Å². The van der Waals surface area contributed by atoms with Crippen molar-refractivity contribution in [2.24, 2.45) is 16.3 Å². The van der Waals surface area contributed by atoms with Crippen molar-refractivity contribution in [3.8, 4) is 0 Å². The number of piperidine rings is 1. The van der Waals surface area contributed by atoms with Crippen LogP contribution in [0, 0.1) is 11.3 Å². The van der Waals surface area contributed by atoms with E-state index in [-0.39, 0.29) is 29.9 Å². The van der Waals surface area contributed by atoms with Gasteiger partial charge in [-0.05, 0) is 50.0 Å². The third kappa shape index (κ3) is 6.92. The van der Waals surface area contributed by atoms with Crippen LogP contribution in [0.4, 0.5) is 13.2 Å². The molecule has 0 amide bonds. The molecule has 3 fully saturated rings. The zero-order valence-electron chi connectivity index (χ0n) is 17.1. The first-order valence-corrected chi connectivity index (χ1v) is 10.6. The lowest BCUT2D eigenvalue weighted by Gasteiger charge is -2.44. The van der Waals surface area contributed by atoms with Gasteiger partial charge in [0.1, 0.15) is 0 Å². The lowest BCUT2D eigenvalue weighted by molar-refractivity contribution is -0.143. The molecule has 1 saturated carbocycles. The summed E-state index contributed by atoms with van der Waals surface area (Å²) in [5, 5.41) is 3.47. The van der Waals surface area contributed by atoms with Crippen molar-refractivity contribution in [2.45, 2.75) is 64.0 Å². The van der Waals surface area contributed by atoms with Gasteiger partial charge in [0.05, 0.1) is 6.54 Å². The van der Waals surface area contributed by atoms with Gasteiger partial charge in [-0.15, -0.1) is 24.0 Å². The molecule has 1 unspecified atom stereocenters. The lowest BCUT2D eigenvalue weighted by atomic mass is 9.74. The van der Waals surface area contributed by atoms with E-state index in [0.29, 0.717) is 25.0 Å². The molecule has 2 heterocycles. The maximum Gasteiger partial charge on any atom is 0.401 e. The fraction of sp³-hybridized carbons (Fsp3) is 0.950. The van der Waals surface area contributed by atoms with Gasteiger partial charge in [0, 0.05) is 33.2 Å². The largest absolute Gasteiger partial charge is 0.401 e. The molecule has 0 aromatic carbocycles. The highest BCUT2D eigenvalue weighted by Crippen LogP contribution is 2.42. The van der Waals surface area contributed by atoms with Crippen molar-refractivity contribution in [2.75, 3.05) is 46.3 Å². The van der Waals surface area contributed by atoms with E-state index in [1.807, 2.05) is 7.05 Å². The predicted molar refractivity (Wildman–Crippen MR) is 118 cm³/mol. The van der Waals surface area contributed by atoms with E-state index in [9.17, 15) is 13.2 Å². The number of alkyl halides is 3. The number of hydrogen-bond acceptors (Lipinski definition) is 2. The molecule has 3 aliphatic rings. The average Bonchev–Trinajstić information content (AvgIpc) is 2.92. The molecule has 0 bridgehead atoms. The van der Waals surface area contributed by atoms with Crippen LogP contribution in [0.3, 0.4) is 0 Å². The van der Waals surface area contributed by atoms with Crippen LogP contribution in [0.5, 0.6) is 0 Å². The van der Waals surface area contributed by atoms with Crippen molar-refractivity contribution >= 4 is 29.9 Å². The van der Waals surface area contributed by atoms with Gasteiger partial charge in [-0.1, -0.05) is 25.7 Å². The predicted octanol–water partition coefficient (Wildman–Crippen LogP) is 4.50. The Bertz CT molecular complexity index is 504. The number of likely N-dealkylation sites (tertiary alicyclic amines) is 2. The molecule has 3 rings (SSSR count). The molecule has 164 valence electrons. The van der Waals surface area contributed by atoms with Gasteiger partial charge in [-0.25, -0.2) is 0 Å². The molecule has 0 radical (unpaired) electrons. The summed E-state index contributed by atoms with van der Waals surface area (Å²) in [7, 11) is 1.82. The van der Waals surface area contributed by atoms with Gasteiger partial charge < -0.3 is 10.2 Å². The third-order valence-corrected chi connectivity index (χ3v) is 6.66. The van der Waals surface area contributed by atoms with Crippen LogP contribution in [0.15, 0.2) is 4.99 Å². The Hall–Kier alpha value is -0.250. The fourth-order valence-electron chi connectivity index (χ4n) is 5.32. The molecule has 2 aliphatic heterocycles. The zero-order chi connectivity index (χ0) is 19.3. The molecule has 0 aromatic heterocycles. The van der Waals surface area contributed by atoms with Crippen LogP contribution >= 0.6 is 24.0 Å². The second kappa shape index (κ2) is 10.7. The topological polar surface area (TPSA) is 30.9 Å². The summed E-state index contributed by atoms with van der Waals surface area (Å²) in [6, 6.07) is 0. The summed E-state index contributed by atoms with van der Waals surface area (Å²) in [5.41, 5.74) is 0.448. The van der Waals surface area contributed by atoms with Crippen molar-refractivity contribution in [3.05, 3.63) is 0 Å². The number of aliphatic imine (C=N–C) groups is 1. The van der Waals surface area contributed by atoms with Crippen LogP contribution in [0.2, 0.25) is 0 Å². The first kappa shape index (κ1) is 24.0. The molecular weight excluding hydrogens is 480 g/mol. The summed E-state index contributed by atoms with van der Waals surface area (Å²) in [6.45, 7) is 3.10. The second-order valence-electron chi connectivity index (χ2n) is 8.87. The molecule has 8 heteroatoms. The van der Waals surface area contributed by atoms with E-state index in [1.54, 1.807) is 0 Å². The van der Waals surface area contributed by atoms with Crippen LogP contribution in [0.25, 0.3) is 0 Å². The molecule has 4 nitrogen and oxygen atoms in total. The summed E-state index contributed by atoms with van der Waals surface area (Å²) < 4.78 is 37.7. The summed E-state index contributed by atoms with van der Waals surface area (Å²) in [6.07, 6.45) is 7.34. The van der Waals surface area contributed by atoms with E-state index in [4.69, 9.17) is 0 Å². The molecule has 1 aliphatic carbocycles. The standard InChI is InChI=1S/C20H35F3N4.HI/c1-24-18(25-13-17-7-12-26(14-17)16-20(21,22)23)27-11-6-10-19(15-27)8-4-2-3-5-9-19;/h17H,2-16H2,1H3,(H,24,25);1H. The summed E-state index contributed by atoms with van der Waals surface area (Å²) in [5.74, 6) is 1.20. The Kier molecular flexibility index (Phi) is 9.16. The summed E-state index contributed by atoms with van der Waals surface area (Å²) in [4.78, 5) is 8.41. The molecule has 1 N–H and O–H groups in total. The third-order valence-electron chi connectivity index (χ3n) is 6.66. The number of guanidine groups is 1. The lowest BCUT2D eigenvalue weighted by Crippen LogP contribution is -2.51. The normalized spacial score (nSPS) is 26.8. The number of halogens is 4. The van der Waals surface area contributed by atoms with Crippen LogP contribution in [0.1, 0.15) is 57.8 Å². The highest BCUT2D eigenvalue weighted by molar-refractivity contribution is 14.0. The Morgan fingerprint density at radius 3 is 2.39 bits per heavy atom. The molecule has 1 spiro atoms.